The number of anilines is 1. The molecule has 0 saturated carbocycles. The van der Waals surface area contributed by atoms with Crippen molar-refractivity contribution < 1.29 is 4.79 Å². The highest BCUT2D eigenvalue weighted by Gasteiger charge is 2.29. The number of aryl methyl sites for hydroxylation is 1. The summed E-state index contributed by atoms with van der Waals surface area (Å²) in [6.45, 7) is 3.55. The zero-order chi connectivity index (χ0) is 18.8. The molecule has 27 heavy (non-hydrogen) atoms. The van der Waals surface area contributed by atoms with Crippen molar-refractivity contribution in [1.82, 2.24) is 25.3 Å². The van der Waals surface area contributed by atoms with Crippen LogP contribution in [0.3, 0.4) is 0 Å². The van der Waals surface area contributed by atoms with Crippen molar-refractivity contribution >= 4 is 11.7 Å². The van der Waals surface area contributed by atoms with Crippen molar-refractivity contribution in [2.75, 3.05) is 18.8 Å². The van der Waals surface area contributed by atoms with Gasteiger partial charge in [0.1, 0.15) is 5.69 Å². The number of carbonyl (C=O) groups excluding carboxylic acids is 1. The van der Waals surface area contributed by atoms with Gasteiger partial charge in [-0.1, -0.05) is 37.3 Å². The van der Waals surface area contributed by atoms with E-state index >= 15 is 0 Å². The average molecular weight is 364 g/mol. The highest BCUT2D eigenvalue weighted by atomic mass is 16.2. The number of nitrogen functional groups attached to an aromatic ring is 1. The van der Waals surface area contributed by atoms with Crippen molar-refractivity contribution in [3.05, 3.63) is 53.5 Å². The molecule has 1 amide bonds. The van der Waals surface area contributed by atoms with Crippen LogP contribution in [0.25, 0.3) is 11.1 Å². The molecule has 140 valence electrons. The number of H-pyrrole nitrogens is 2. The first-order valence-electron chi connectivity index (χ1n) is 9.39. The summed E-state index contributed by atoms with van der Waals surface area (Å²) in [5.41, 5.74) is 10.6. The predicted molar refractivity (Wildman–Crippen MR) is 104 cm³/mol. The number of carbonyl (C=O) groups is 1. The maximum Gasteiger partial charge on any atom is 0.272 e. The van der Waals surface area contributed by atoms with E-state index in [1.807, 2.05) is 41.4 Å². The Labute approximate surface area is 158 Å². The van der Waals surface area contributed by atoms with Gasteiger partial charge in [-0.15, -0.1) is 0 Å². The van der Waals surface area contributed by atoms with Gasteiger partial charge in [0.25, 0.3) is 5.91 Å². The van der Waals surface area contributed by atoms with Crippen molar-refractivity contribution in [2.45, 2.75) is 32.1 Å². The van der Waals surface area contributed by atoms with Crippen LogP contribution in [0.5, 0.6) is 0 Å². The summed E-state index contributed by atoms with van der Waals surface area (Å²) >= 11 is 0. The van der Waals surface area contributed by atoms with Gasteiger partial charge < -0.3 is 10.6 Å². The first kappa shape index (κ1) is 17.3. The predicted octanol–water partition coefficient (Wildman–Crippen LogP) is 2.96. The van der Waals surface area contributed by atoms with Crippen LogP contribution in [-0.2, 0) is 6.42 Å². The lowest BCUT2D eigenvalue weighted by molar-refractivity contribution is 0.0706. The van der Waals surface area contributed by atoms with Crippen LogP contribution in [0.15, 0.2) is 36.5 Å². The van der Waals surface area contributed by atoms with Gasteiger partial charge in [-0.2, -0.15) is 10.2 Å². The molecule has 0 aliphatic carbocycles. The molecule has 2 aromatic heterocycles. The van der Waals surface area contributed by atoms with Crippen LogP contribution in [0.2, 0.25) is 0 Å². The number of likely N-dealkylation sites (tertiary alicyclic amines) is 1. The van der Waals surface area contributed by atoms with Crippen LogP contribution < -0.4 is 5.73 Å². The van der Waals surface area contributed by atoms with E-state index < -0.39 is 0 Å². The van der Waals surface area contributed by atoms with Crippen molar-refractivity contribution in [3.8, 4) is 11.1 Å². The topological polar surface area (TPSA) is 104 Å². The third kappa shape index (κ3) is 3.20. The molecule has 0 spiro atoms. The molecule has 0 bridgehead atoms. The quantitative estimate of drug-likeness (QED) is 0.662. The number of piperidine rings is 1. The lowest BCUT2D eigenvalue weighted by atomic mass is 9.90. The molecular weight excluding hydrogens is 340 g/mol. The Kier molecular flexibility index (Phi) is 4.66. The molecule has 0 radical (unpaired) electrons. The zero-order valence-corrected chi connectivity index (χ0v) is 15.4. The molecule has 1 aliphatic heterocycles. The summed E-state index contributed by atoms with van der Waals surface area (Å²) in [4.78, 5) is 15.0. The number of rotatable bonds is 4. The summed E-state index contributed by atoms with van der Waals surface area (Å²) in [5, 5.41) is 14.3. The van der Waals surface area contributed by atoms with Gasteiger partial charge in [0, 0.05) is 24.7 Å². The molecule has 4 N–H and O–H groups in total. The van der Waals surface area contributed by atoms with E-state index in [1.165, 1.54) is 11.3 Å². The van der Waals surface area contributed by atoms with Crippen LogP contribution in [-0.4, -0.2) is 44.3 Å². The molecule has 1 aliphatic rings. The van der Waals surface area contributed by atoms with Crippen LogP contribution >= 0.6 is 0 Å². The van der Waals surface area contributed by atoms with E-state index in [0.717, 1.165) is 24.8 Å². The largest absolute Gasteiger partial charge is 0.382 e. The molecule has 1 aromatic carbocycles. The van der Waals surface area contributed by atoms with E-state index in [9.17, 15) is 4.79 Å². The third-order valence-corrected chi connectivity index (χ3v) is 5.39. The van der Waals surface area contributed by atoms with E-state index in [4.69, 9.17) is 5.73 Å². The highest BCUT2D eigenvalue weighted by molar-refractivity contribution is 6.01. The first-order valence-corrected chi connectivity index (χ1v) is 9.39. The van der Waals surface area contributed by atoms with E-state index in [1.54, 1.807) is 0 Å². The minimum Gasteiger partial charge on any atom is -0.382 e. The minimum absolute atomic E-state index is 0.0446. The van der Waals surface area contributed by atoms with Gasteiger partial charge in [-0.3, -0.25) is 15.0 Å². The van der Waals surface area contributed by atoms with E-state index in [0.29, 0.717) is 36.1 Å². The normalized spacial score (nSPS) is 15.2. The lowest BCUT2D eigenvalue weighted by Crippen LogP contribution is -2.38. The standard InChI is InChI=1S/C20H24N6O/c1-2-13-12-22-23-17(13)15-8-10-26(11-9-15)20(27)18-16(19(21)25-24-18)14-6-4-3-5-7-14/h3-7,12,15H,2,8-11H2,1H3,(H,22,23)(H3,21,24,25). The molecular formula is C20H24N6O. The third-order valence-electron chi connectivity index (χ3n) is 5.39. The Morgan fingerprint density at radius 2 is 1.96 bits per heavy atom. The van der Waals surface area contributed by atoms with Gasteiger partial charge in [0.2, 0.25) is 0 Å². The number of benzene rings is 1. The van der Waals surface area contributed by atoms with Gasteiger partial charge in [0.15, 0.2) is 5.82 Å². The molecule has 4 rings (SSSR count). The number of aromatic nitrogens is 4. The molecule has 1 fully saturated rings. The maximum absolute atomic E-state index is 13.1. The van der Waals surface area contributed by atoms with Crippen LogP contribution in [0, 0.1) is 0 Å². The minimum atomic E-state index is -0.0446. The number of hydrogen-bond acceptors (Lipinski definition) is 4. The van der Waals surface area contributed by atoms with Crippen molar-refractivity contribution in [2.24, 2.45) is 0 Å². The monoisotopic (exact) mass is 364 g/mol. The van der Waals surface area contributed by atoms with Crippen molar-refractivity contribution in [1.29, 1.82) is 0 Å². The number of nitrogens with one attached hydrogen (secondary N) is 2. The summed E-state index contributed by atoms with van der Waals surface area (Å²) in [6.07, 6.45) is 4.72. The first-order chi connectivity index (χ1) is 13.2. The smallest absolute Gasteiger partial charge is 0.272 e. The second-order valence-corrected chi connectivity index (χ2v) is 6.95. The van der Waals surface area contributed by atoms with Crippen molar-refractivity contribution in [3.63, 3.8) is 0 Å². The van der Waals surface area contributed by atoms with Gasteiger partial charge in [-0.25, -0.2) is 0 Å². The van der Waals surface area contributed by atoms with Gasteiger partial charge in [-0.05, 0) is 30.4 Å². The average Bonchev–Trinajstić information content (AvgIpc) is 3.34. The van der Waals surface area contributed by atoms with Gasteiger partial charge >= 0.3 is 0 Å². The Bertz CT molecular complexity index is 921. The summed E-state index contributed by atoms with van der Waals surface area (Å²) in [7, 11) is 0. The molecule has 0 atom stereocenters. The number of nitrogens with two attached hydrogens (primary N) is 1. The molecule has 1 saturated heterocycles. The number of aromatic amines is 2. The fraction of sp³-hybridized carbons (Fsp3) is 0.350. The molecule has 3 heterocycles. The van der Waals surface area contributed by atoms with E-state index in [2.05, 4.69) is 27.3 Å². The fourth-order valence-electron chi connectivity index (χ4n) is 3.89. The Morgan fingerprint density at radius 3 is 2.67 bits per heavy atom. The van der Waals surface area contributed by atoms with E-state index in [-0.39, 0.29) is 5.91 Å². The van der Waals surface area contributed by atoms with Crippen LogP contribution in [0.1, 0.15) is 47.4 Å². The second kappa shape index (κ2) is 7.26. The van der Waals surface area contributed by atoms with Gasteiger partial charge in [0.05, 0.1) is 11.8 Å². The van der Waals surface area contributed by atoms with Crippen LogP contribution in [0.4, 0.5) is 5.82 Å². The SMILES string of the molecule is CCc1cn[nH]c1C1CCN(C(=O)c2[nH]nc(N)c2-c2ccccc2)CC1. The number of hydrogen-bond donors (Lipinski definition) is 3. The Hall–Kier alpha value is -3.09. The molecule has 7 nitrogen and oxygen atoms in total. The Morgan fingerprint density at radius 1 is 1.22 bits per heavy atom. The summed E-state index contributed by atoms with van der Waals surface area (Å²) < 4.78 is 0. The number of amides is 1. The molecule has 0 unspecified atom stereocenters. The summed E-state index contributed by atoms with van der Waals surface area (Å²) in [5.74, 6) is 0.730. The zero-order valence-electron chi connectivity index (χ0n) is 15.4. The molecule has 7 heteroatoms. The Balaban J connectivity index is 1.51. The highest BCUT2D eigenvalue weighted by Crippen LogP contribution is 2.32. The molecule has 3 aromatic rings. The lowest BCUT2D eigenvalue weighted by Gasteiger charge is -2.31. The fourth-order valence-corrected chi connectivity index (χ4v) is 3.89. The second-order valence-electron chi connectivity index (χ2n) is 6.95. The maximum atomic E-state index is 13.1. The number of nitrogens with zero attached hydrogens (tertiary/aromatic N) is 3. The summed E-state index contributed by atoms with van der Waals surface area (Å²) in [6, 6.07) is 9.67.